The highest BCUT2D eigenvalue weighted by Crippen LogP contribution is 2.38. The average molecular weight is 197 g/mol. The Morgan fingerprint density at radius 3 is 2.23 bits per heavy atom. The van der Waals surface area contributed by atoms with Crippen LogP contribution in [0.1, 0.15) is 46.5 Å². The Labute approximate surface area is 85.9 Å². The molecule has 1 nitrogen and oxygen atoms in total. The zero-order chi connectivity index (χ0) is 9.90. The van der Waals surface area contributed by atoms with Crippen molar-refractivity contribution in [1.29, 1.82) is 5.26 Å². The normalized spacial score (nSPS) is 21.4. The van der Waals surface area contributed by atoms with Gasteiger partial charge in [0.1, 0.15) is 0 Å². The molecule has 0 saturated heterocycles. The maximum absolute atomic E-state index is 9.08. The van der Waals surface area contributed by atoms with E-state index in [1.165, 1.54) is 25.7 Å². The highest BCUT2D eigenvalue weighted by Gasteiger charge is 2.28. The summed E-state index contributed by atoms with van der Waals surface area (Å²) in [5.74, 6) is 0.661. The maximum Gasteiger partial charge on any atom is 0.0949 e. The fourth-order valence-electron chi connectivity index (χ4n) is 1.87. The molecule has 0 heterocycles. The van der Waals surface area contributed by atoms with E-state index in [0.717, 1.165) is 0 Å². The largest absolute Gasteiger partial charge is 0.197 e. The molecule has 0 aromatic heterocycles. The Morgan fingerprint density at radius 1 is 1.31 bits per heavy atom. The van der Waals surface area contributed by atoms with E-state index in [4.69, 9.17) is 5.26 Å². The van der Waals surface area contributed by atoms with Crippen LogP contribution in [0.3, 0.4) is 0 Å². The van der Waals surface area contributed by atoms with E-state index in [1.54, 1.807) is 0 Å². The van der Waals surface area contributed by atoms with Crippen molar-refractivity contribution in [3.63, 3.8) is 0 Å². The van der Waals surface area contributed by atoms with Crippen molar-refractivity contribution in [2.45, 2.75) is 56.5 Å². The maximum atomic E-state index is 9.08. The first-order chi connectivity index (χ1) is 6.03. The second-order valence-corrected chi connectivity index (χ2v) is 6.79. The van der Waals surface area contributed by atoms with E-state index in [2.05, 4.69) is 26.8 Å². The molecule has 1 atom stereocenters. The number of rotatable bonds is 2. The number of thioether (sulfide) groups is 1. The van der Waals surface area contributed by atoms with Crippen molar-refractivity contribution in [3.8, 4) is 6.07 Å². The molecule has 1 saturated carbocycles. The molecule has 1 aliphatic carbocycles. The standard InChI is InChI=1S/C11H19NS/c1-11(2,3)13-10(8-12)9-6-4-5-7-9/h9-10H,4-7H2,1-3H3. The minimum absolute atomic E-state index is 0.225. The van der Waals surface area contributed by atoms with E-state index in [-0.39, 0.29) is 10.00 Å². The summed E-state index contributed by atoms with van der Waals surface area (Å²) in [6, 6.07) is 2.46. The van der Waals surface area contributed by atoms with Gasteiger partial charge in [0.05, 0.1) is 11.3 Å². The van der Waals surface area contributed by atoms with Gasteiger partial charge in [0.25, 0.3) is 0 Å². The predicted octanol–water partition coefficient (Wildman–Crippen LogP) is 3.60. The molecule has 74 valence electrons. The highest BCUT2D eigenvalue weighted by atomic mass is 32.2. The van der Waals surface area contributed by atoms with E-state index >= 15 is 0 Å². The fourth-order valence-corrected chi connectivity index (χ4v) is 3.15. The highest BCUT2D eigenvalue weighted by molar-refractivity contribution is 8.01. The van der Waals surface area contributed by atoms with Crippen LogP contribution in [-0.2, 0) is 0 Å². The van der Waals surface area contributed by atoms with E-state index in [1.807, 2.05) is 11.8 Å². The molecule has 0 bridgehead atoms. The second kappa shape index (κ2) is 4.37. The van der Waals surface area contributed by atoms with Crippen LogP contribution in [0.2, 0.25) is 0 Å². The van der Waals surface area contributed by atoms with Crippen LogP contribution in [0.15, 0.2) is 0 Å². The van der Waals surface area contributed by atoms with E-state index in [0.29, 0.717) is 5.92 Å². The van der Waals surface area contributed by atoms with Crippen molar-refractivity contribution in [2.24, 2.45) is 5.92 Å². The zero-order valence-electron chi connectivity index (χ0n) is 8.84. The van der Waals surface area contributed by atoms with Crippen LogP contribution in [-0.4, -0.2) is 10.00 Å². The molecule has 2 heteroatoms. The third-order valence-electron chi connectivity index (χ3n) is 2.44. The first-order valence-electron chi connectivity index (χ1n) is 5.10. The summed E-state index contributed by atoms with van der Waals surface area (Å²) < 4.78 is 0.225. The van der Waals surface area contributed by atoms with Gasteiger partial charge in [0.2, 0.25) is 0 Å². The first kappa shape index (κ1) is 10.9. The van der Waals surface area contributed by atoms with Crippen LogP contribution >= 0.6 is 11.8 Å². The fraction of sp³-hybridized carbons (Fsp3) is 0.909. The SMILES string of the molecule is CC(C)(C)SC(C#N)C1CCCC1. The summed E-state index contributed by atoms with van der Waals surface area (Å²) in [7, 11) is 0. The summed E-state index contributed by atoms with van der Waals surface area (Å²) in [4.78, 5) is 0. The lowest BCUT2D eigenvalue weighted by molar-refractivity contribution is 0.571. The molecule has 13 heavy (non-hydrogen) atoms. The van der Waals surface area contributed by atoms with Gasteiger partial charge in [0, 0.05) is 4.75 Å². The molecule has 0 amide bonds. The molecular weight excluding hydrogens is 178 g/mol. The smallest absolute Gasteiger partial charge is 0.0949 e. The minimum Gasteiger partial charge on any atom is -0.197 e. The van der Waals surface area contributed by atoms with Crippen molar-refractivity contribution in [1.82, 2.24) is 0 Å². The molecule has 1 unspecified atom stereocenters. The van der Waals surface area contributed by atoms with Crippen molar-refractivity contribution < 1.29 is 0 Å². The van der Waals surface area contributed by atoms with Gasteiger partial charge in [-0.25, -0.2) is 0 Å². The van der Waals surface area contributed by atoms with Crippen molar-refractivity contribution in [2.75, 3.05) is 0 Å². The van der Waals surface area contributed by atoms with Crippen LogP contribution in [0, 0.1) is 17.2 Å². The topological polar surface area (TPSA) is 23.8 Å². The Balaban J connectivity index is 2.48. The molecule has 0 spiro atoms. The van der Waals surface area contributed by atoms with E-state index < -0.39 is 0 Å². The van der Waals surface area contributed by atoms with E-state index in [9.17, 15) is 0 Å². The zero-order valence-corrected chi connectivity index (χ0v) is 9.66. The molecule has 1 aliphatic rings. The molecule has 0 aliphatic heterocycles. The van der Waals surface area contributed by atoms with Crippen LogP contribution < -0.4 is 0 Å². The third kappa shape index (κ3) is 3.60. The van der Waals surface area contributed by atoms with Crippen LogP contribution in [0.25, 0.3) is 0 Å². The van der Waals surface area contributed by atoms with Crippen molar-refractivity contribution >= 4 is 11.8 Å². The molecule has 0 radical (unpaired) electrons. The third-order valence-corrected chi connectivity index (χ3v) is 3.89. The van der Waals surface area contributed by atoms with Gasteiger partial charge in [-0.3, -0.25) is 0 Å². The summed E-state index contributed by atoms with van der Waals surface area (Å²) in [6.45, 7) is 6.57. The lowest BCUT2D eigenvalue weighted by Gasteiger charge is -2.24. The number of hydrogen-bond acceptors (Lipinski definition) is 2. The molecule has 0 aromatic rings. The minimum atomic E-state index is 0.225. The van der Waals surface area contributed by atoms with Crippen LogP contribution in [0.5, 0.6) is 0 Å². The van der Waals surface area contributed by atoms with Crippen LogP contribution in [0.4, 0.5) is 0 Å². The quantitative estimate of drug-likeness (QED) is 0.675. The first-order valence-corrected chi connectivity index (χ1v) is 5.98. The Bertz CT molecular complexity index is 193. The number of hydrogen-bond donors (Lipinski definition) is 0. The molecule has 0 aromatic carbocycles. The lowest BCUT2D eigenvalue weighted by Crippen LogP contribution is -2.20. The second-order valence-electron chi connectivity index (χ2n) is 4.82. The van der Waals surface area contributed by atoms with Gasteiger partial charge in [-0.1, -0.05) is 33.6 Å². The van der Waals surface area contributed by atoms with Crippen molar-refractivity contribution in [3.05, 3.63) is 0 Å². The monoisotopic (exact) mass is 197 g/mol. The van der Waals surface area contributed by atoms with Gasteiger partial charge in [-0.2, -0.15) is 5.26 Å². The molecule has 0 N–H and O–H groups in total. The lowest BCUT2D eigenvalue weighted by atomic mass is 10.1. The number of nitriles is 1. The van der Waals surface area contributed by atoms with Gasteiger partial charge in [-0.15, -0.1) is 11.8 Å². The summed E-state index contributed by atoms with van der Waals surface area (Å²) in [5.41, 5.74) is 0. The predicted molar refractivity (Wildman–Crippen MR) is 58.7 cm³/mol. The van der Waals surface area contributed by atoms with Gasteiger partial charge < -0.3 is 0 Å². The van der Waals surface area contributed by atoms with Gasteiger partial charge in [-0.05, 0) is 18.8 Å². The molecule has 1 rings (SSSR count). The molecule has 1 fully saturated rings. The molecular formula is C11H19NS. The Kier molecular flexibility index (Phi) is 3.67. The van der Waals surface area contributed by atoms with Gasteiger partial charge in [0.15, 0.2) is 0 Å². The summed E-state index contributed by atoms with van der Waals surface area (Å²) in [5, 5.41) is 9.30. The Morgan fingerprint density at radius 2 is 1.85 bits per heavy atom. The Hall–Kier alpha value is -0.160. The number of nitrogens with zero attached hydrogens (tertiary/aromatic N) is 1. The average Bonchev–Trinajstić information content (AvgIpc) is 2.50. The van der Waals surface area contributed by atoms with Gasteiger partial charge >= 0.3 is 0 Å². The summed E-state index contributed by atoms with van der Waals surface area (Å²) in [6.07, 6.45) is 5.18. The summed E-state index contributed by atoms with van der Waals surface area (Å²) >= 11 is 1.84.